The zero-order valence-electron chi connectivity index (χ0n) is 20.4. The van der Waals surface area contributed by atoms with E-state index in [0.29, 0.717) is 6.42 Å². The molecule has 0 saturated heterocycles. The fraction of sp³-hybridized carbons (Fsp3) is 0.333. The number of ether oxygens (including phenoxy) is 2. The van der Waals surface area contributed by atoms with Gasteiger partial charge in [0.15, 0.2) is 0 Å². The molecule has 1 aliphatic carbocycles. The molecule has 190 valence electrons. The molecule has 0 saturated carbocycles. The van der Waals surface area contributed by atoms with Crippen LogP contribution >= 0.6 is 7.82 Å². The second kappa shape index (κ2) is 10.6. The summed E-state index contributed by atoms with van der Waals surface area (Å²) in [5.41, 5.74) is -0.225. The average Bonchev–Trinajstić information content (AvgIpc) is 3.25. The summed E-state index contributed by atoms with van der Waals surface area (Å²) in [4.78, 5) is 25.0. The molecule has 4 rings (SSSR count). The first-order chi connectivity index (χ1) is 17.2. The van der Waals surface area contributed by atoms with Crippen molar-refractivity contribution in [2.45, 2.75) is 39.7 Å². The number of phosphoric acid groups is 1. The van der Waals surface area contributed by atoms with Gasteiger partial charge in [0.1, 0.15) is 23.4 Å². The second-order valence-corrected chi connectivity index (χ2v) is 10.8. The molecule has 0 unspecified atom stereocenters. The Kier molecular flexibility index (Phi) is 7.55. The van der Waals surface area contributed by atoms with E-state index in [9.17, 15) is 14.2 Å². The molecule has 2 aliphatic rings. The Hall–Kier alpha value is -3.51. The van der Waals surface area contributed by atoms with Crippen LogP contribution in [0.25, 0.3) is 0 Å². The van der Waals surface area contributed by atoms with Crippen LogP contribution in [0.2, 0.25) is 0 Å². The minimum atomic E-state index is -4.35. The Morgan fingerprint density at radius 1 is 1.00 bits per heavy atom. The van der Waals surface area contributed by atoms with Crippen LogP contribution < -0.4 is 9.05 Å². The van der Waals surface area contributed by atoms with E-state index in [1.54, 1.807) is 73.7 Å². The summed E-state index contributed by atoms with van der Waals surface area (Å²) in [5, 5.41) is 0. The molecule has 2 atom stereocenters. The first kappa shape index (κ1) is 25.6. The molecule has 9 heteroatoms. The molecular formula is C27H29O8P. The Labute approximate surface area is 210 Å². The van der Waals surface area contributed by atoms with Crippen LogP contribution in [0.15, 0.2) is 84.1 Å². The highest BCUT2D eigenvalue weighted by atomic mass is 31.2. The monoisotopic (exact) mass is 512 g/mol. The molecule has 36 heavy (non-hydrogen) atoms. The molecule has 0 spiro atoms. The first-order valence-electron chi connectivity index (χ1n) is 11.8. The predicted octanol–water partition coefficient (Wildman–Crippen LogP) is 6.00. The Morgan fingerprint density at radius 3 is 2.08 bits per heavy atom. The zero-order valence-corrected chi connectivity index (χ0v) is 21.3. The maximum atomic E-state index is 14.1. The minimum Gasteiger partial charge on any atom is -0.463 e. The lowest BCUT2D eigenvalue weighted by Gasteiger charge is -2.39. The van der Waals surface area contributed by atoms with E-state index >= 15 is 0 Å². The van der Waals surface area contributed by atoms with Crippen molar-refractivity contribution < 1.29 is 37.2 Å². The van der Waals surface area contributed by atoms with Gasteiger partial charge in [-0.25, -0.2) is 9.59 Å². The summed E-state index contributed by atoms with van der Waals surface area (Å²) >= 11 is 0. The van der Waals surface area contributed by atoms with Gasteiger partial charge in [0.2, 0.25) is 0 Å². The number of carbonyl (C=O) groups excluding carboxylic acids is 2. The molecule has 2 aromatic rings. The molecule has 1 aliphatic heterocycles. The fourth-order valence-corrected chi connectivity index (χ4v) is 5.66. The molecule has 8 nitrogen and oxygen atoms in total. The van der Waals surface area contributed by atoms with Crippen molar-refractivity contribution >= 4 is 19.8 Å². The quantitative estimate of drug-likeness (QED) is 0.298. The number of phosphoric ester groups is 1. The highest BCUT2D eigenvalue weighted by Crippen LogP contribution is 2.56. The summed E-state index contributed by atoms with van der Waals surface area (Å²) in [6.45, 7) is 5.81. The van der Waals surface area contributed by atoms with Gasteiger partial charge >= 0.3 is 19.8 Å². The van der Waals surface area contributed by atoms with Gasteiger partial charge in [-0.05, 0) is 49.1 Å². The SMILES string of the molecule is CCOC(=O)C1=C(OP(=O)(Oc2ccccc2)Oc2ccccc2)CC(C)(C)C[C@@H]1[C@H]1C=CC(=O)O1. The molecule has 0 amide bonds. The van der Waals surface area contributed by atoms with Gasteiger partial charge < -0.3 is 23.0 Å². The van der Waals surface area contributed by atoms with E-state index in [0.717, 1.165) is 0 Å². The van der Waals surface area contributed by atoms with Gasteiger partial charge in [-0.15, -0.1) is 0 Å². The van der Waals surface area contributed by atoms with Crippen molar-refractivity contribution in [2.24, 2.45) is 11.3 Å². The van der Waals surface area contributed by atoms with Crippen molar-refractivity contribution in [3.05, 3.63) is 84.1 Å². The van der Waals surface area contributed by atoms with Crippen LogP contribution in [0.5, 0.6) is 11.5 Å². The Balaban J connectivity index is 1.77. The molecule has 0 radical (unpaired) electrons. The lowest BCUT2D eigenvalue weighted by molar-refractivity contribution is -0.145. The summed E-state index contributed by atoms with van der Waals surface area (Å²) in [6, 6.07) is 17.0. The van der Waals surface area contributed by atoms with Gasteiger partial charge in [-0.1, -0.05) is 50.2 Å². The van der Waals surface area contributed by atoms with Gasteiger partial charge in [-0.3, -0.25) is 0 Å². The van der Waals surface area contributed by atoms with Gasteiger partial charge in [0.05, 0.1) is 12.2 Å². The Morgan fingerprint density at radius 2 is 1.58 bits per heavy atom. The third kappa shape index (κ3) is 6.18. The summed E-state index contributed by atoms with van der Waals surface area (Å²) in [5.74, 6) is -1.01. The van der Waals surface area contributed by atoms with Crippen molar-refractivity contribution in [1.82, 2.24) is 0 Å². The minimum absolute atomic E-state index is 0.126. The number of allylic oxidation sites excluding steroid dienone is 1. The first-order valence-corrected chi connectivity index (χ1v) is 13.2. The van der Waals surface area contributed by atoms with Crippen molar-refractivity contribution in [1.29, 1.82) is 0 Å². The lowest BCUT2D eigenvalue weighted by atomic mass is 9.70. The smallest absolute Gasteiger partial charge is 0.463 e. The average molecular weight is 512 g/mol. The number of benzene rings is 2. The maximum Gasteiger partial charge on any atom is 0.646 e. The van der Waals surface area contributed by atoms with E-state index < -0.39 is 31.8 Å². The number of para-hydroxylation sites is 2. The number of carbonyl (C=O) groups is 2. The van der Waals surface area contributed by atoms with Crippen molar-refractivity contribution in [3.63, 3.8) is 0 Å². The van der Waals surface area contributed by atoms with Gasteiger partial charge in [0, 0.05) is 18.4 Å². The van der Waals surface area contributed by atoms with Crippen molar-refractivity contribution in [2.75, 3.05) is 6.61 Å². The van der Waals surface area contributed by atoms with E-state index in [2.05, 4.69) is 0 Å². The molecule has 2 aromatic carbocycles. The van der Waals surface area contributed by atoms with Crippen LogP contribution in [-0.2, 0) is 28.2 Å². The van der Waals surface area contributed by atoms with E-state index in [4.69, 9.17) is 23.0 Å². The van der Waals surface area contributed by atoms with Crippen LogP contribution in [0.1, 0.15) is 33.6 Å². The maximum absolute atomic E-state index is 14.1. The number of hydrogen-bond acceptors (Lipinski definition) is 8. The molecule has 0 N–H and O–H groups in total. The molecular weight excluding hydrogens is 483 g/mol. The van der Waals surface area contributed by atoms with E-state index in [-0.39, 0.29) is 41.3 Å². The molecule has 0 bridgehead atoms. The number of esters is 2. The third-order valence-electron chi connectivity index (χ3n) is 5.79. The number of rotatable bonds is 9. The highest BCUT2D eigenvalue weighted by molar-refractivity contribution is 7.49. The highest BCUT2D eigenvalue weighted by Gasteiger charge is 2.47. The topological polar surface area (TPSA) is 97.4 Å². The summed E-state index contributed by atoms with van der Waals surface area (Å²) in [7, 11) is -4.35. The molecule has 1 heterocycles. The third-order valence-corrected chi connectivity index (χ3v) is 7.10. The van der Waals surface area contributed by atoms with E-state index in [1.165, 1.54) is 6.08 Å². The predicted molar refractivity (Wildman–Crippen MR) is 132 cm³/mol. The van der Waals surface area contributed by atoms with Crippen LogP contribution in [0.4, 0.5) is 0 Å². The lowest BCUT2D eigenvalue weighted by Crippen LogP contribution is -2.37. The zero-order chi connectivity index (χ0) is 25.8. The fourth-order valence-electron chi connectivity index (χ4n) is 4.36. The van der Waals surface area contributed by atoms with Gasteiger partial charge in [-0.2, -0.15) is 4.57 Å². The van der Waals surface area contributed by atoms with Gasteiger partial charge in [0.25, 0.3) is 0 Å². The number of hydrogen-bond donors (Lipinski definition) is 0. The number of cyclic esters (lactones) is 1. The van der Waals surface area contributed by atoms with Crippen LogP contribution in [0.3, 0.4) is 0 Å². The summed E-state index contributed by atoms with van der Waals surface area (Å²) in [6.07, 6.45) is 3.05. The Bertz CT molecular complexity index is 1160. The van der Waals surface area contributed by atoms with Crippen LogP contribution in [0, 0.1) is 11.3 Å². The van der Waals surface area contributed by atoms with Crippen molar-refractivity contribution in [3.8, 4) is 11.5 Å². The molecule has 0 fully saturated rings. The summed E-state index contributed by atoms with van der Waals surface area (Å²) < 4.78 is 42.4. The normalized spacial score (nSPS) is 21.0. The largest absolute Gasteiger partial charge is 0.646 e. The standard InChI is InChI=1S/C27H29O8P/c1-4-31-26(29)25-21(22-15-16-24(28)32-22)17-27(2,3)18-23(25)35-36(30,33-19-11-7-5-8-12-19)34-20-13-9-6-10-14-20/h5-16,21-22H,4,17-18H2,1-3H3/t21-,22-/m1/s1. The second-order valence-electron chi connectivity index (χ2n) is 9.32. The molecule has 0 aromatic heterocycles. The van der Waals surface area contributed by atoms with E-state index in [1.807, 2.05) is 13.8 Å². The van der Waals surface area contributed by atoms with Crippen LogP contribution in [-0.4, -0.2) is 24.6 Å².